The summed E-state index contributed by atoms with van der Waals surface area (Å²) in [5.41, 5.74) is 2.45. The van der Waals surface area contributed by atoms with Crippen LogP contribution in [0.25, 0.3) is 22.4 Å². The van der Waals surface area contributed by atoms with E-state index in [0.29, 0.717) is 17.2 Å². The first-order chi connectivity index (χ1) is 15.1. The molecular weight excluding hydrogens is 406 g/mol. The van der Waals surface area contributed by atoms with Gasteiger partial charge in [-0.3, -0.25) is 5.10 Å². The molecule has 1 aliphatic rings. The summed E-state index contributed by atoms with van der Waals surface area (Å²) in [5, 5.41) is 39.7. The number of benzene rings is 1. The lowest BCUT2D eigenvalue weighted by Gasteiger charge is -2.53. The molecule has 4 rings (SSSR count). The van der Waals surface area contributed by atoms with Gasteiger partial charge in [-0.2, -0.15) is 5.10 Å². The highest BCUT2D eigenvalue weighted by molar-refractivity contribution is 5.73. The van der Waals surface area contributed by atoms with Gasteiger partial charge in [-0.15, -0.1) is 10.2 Å². The molecule has 0 aliphatic carbocycles. The minimum Gasteiger partial charge on any atom is -0.507 e. The highest BCUT2D eigenvalue weighted by Gasteiger charge is 2.47. The summed E-state index contributed by atoms with van der Waals surface area (Å²) in [4.78, 5) is 6.54. The minimum absolute atomic E-state index is 0.00307. The highest BCUT2D eigenvalue weighted by atomic mass is 16.3. The van der Waals surface area contributed by atoms with E-state index in [2.05, 4.69) is 58.4 Å². The van der Waals surface area contributed by atoms with Gasteiger partial charge in [0.15, 0.2) is 0 Å². The number of aliphatic hydroxyl groups is 1. The summed E-state index contributed by atoms with van der Waals surface area (Å²) in [6.07, 6.45) is 5.92. The SMILES string of the molecule is CN(c1ncc(-c2ccc(-c3cn[nH]c3)cc2O)nn1)C1CC(C)(C)NC(C)(C)[C@H]1CO. The van der Waals surface area contributed by atoms with E-state index < -0.39 is 0 Å². The Morgan fingerprint density at radius 3 is 2.50 bits per heavy atom. The molecule has 0 saturated carbocycles. The van der Waals surface area contributed by atoms with E-state index >= 15 is 0 Å². The molecule has 2 aromatic heterocycles. The molecule has 9 nitrogen and oxygen atoms in total. The Morgan fingerprint density at radius 2 is 1.91 bits per heavy atom. The molecule has 4 N–H and O–H groups in total. The van der Waals surface area contributed by atoms with Crippen LogP contribution in [0.4, 0.5) is 5.95 Å². The zero-order valence-electron chi connectivity index (χ0n) is 19.2. The molecule has 32 heavy (non-hydrogen) atoms. The number of rotatable bonds is 5. The van der Waals surface area contributed by atoms with Crippen LogP contribution in [0, 0.1) is 5.92 Å². The first-order valence-electron chi connectivity index (χ1n) is 10.8. The van der Waals surface area contributed by atoms with Crippen molar-refractivity contribution in [3.8, 4) is 28.1 Å². The Labute approximate surface area is 187 Å². The smallest absolute Gasteiger partial charge is 0.245 e. The zero-order chi connectivity index (χ0) is 23.1. The molecule has 2 atom stereocenters. The van der Waals surface area contributed by atoms with Crippen molar-refractivity contribution in [1.82, 2.24) is 30.7 Å². The van der Waals surface area contributed by atoms with Crippen LogP contribution in [-0.2, 0) is 0 Å². The molecule has 1 saturated heterocycles. The van der Waals surface area contributed by atoms with Crippen LogP contribution in [0.15, 0.2) is 36.8 Å². The van der Waals surface area contributed by atoms with E-state index in [1.54, 1.807) is 30.7 Å². The number of piperidine rings is 1. The van der Waals surface area contributed by atoms with Gasteiger partial charge in [-0.1, -0.05) is 6.07 Å². The van der Waals surface area contributed by atoms with Crippen LogP contribution >= 0.6 is 0 Å². The number of hydrogen-bond acceptors (Lipinski definition) is 8. The molecule has 170 valence electrons. The number of aromatic nitrogens is 5. The van der Waals surface area contributed by atoms with Gasteiger partial charge in [0.2, 0.25) is 5.95 Å². The molecule has 0 bridgehead atoms. The molecule has 0 amide bonds. The van der Waals surface area contributed by atoms with Crippen molar-refractivity contribution in [2.24, 2.45) is 5.92 Å². The van der Waals surface area contributed by atoms with Crippen molar-refractivity contribution in [1.29, 1.82) is 0 Å². The van der Waals surface area contributed by atoms with E-state index in [4.69, 9.17) is 0 Å². The van der Waals surface area contributed by atoms with Gasteiger partial charge in [0.05, 0.1) is 12.4 Å². The first kappa shape index (κ1) is 22.2. The van der Waals surface area contributed by atoms with Gasteiger partial charge in [0.25, 0.3) is 0 Å². The van der Waals surface area contributed by atoms with Crippen LogP contribution in [0.5, 0.6) is 5.75 Å². The molecule has 1 aliphatic heterocycles. The standard InChI is InChI=1S/C23H31N7O2/c1-22(2)9-19(17(13-31)23(3,4)29-22)30(5)21-24-12-18(27-28-21)16-7-6-14(8-20(16)32)15-10-25-26-11-15/h6-8,10-12,17,19,29,31-32H,9,13H2,1-5H3,(H,25,26)/t17-,19?/m0/s1. The summed E-state index contributed by atoms with van der Waals surface area (Å²) in [6, 6.07) is 5.41. The van der Waals surface area contributed by atoms with Gasteiger partial charge in [-0.25, -0.2) is 4.98 Å². The van der Waals surface area contributed by atoms with Crippen molar-refractivity contribution in [2.45, 2.75) is 51.2 Å². The number of nitrogens with one attached hydrogen (secondary N) is 2. The second-order valence-corrected chi connectivity index (χ2v) is 9.76. The fourth-order valence-electron chi connectivity index (χ4n) is 4.96. The van der Waals surface area contributed by atoms with E-state index in [-0.39, 0.29) is 35.4 Å². The van der Waals surface area contributed by atoms with Gasteiger partial charge < -0.3 is 20.4 Å². The maximum Gasteiger partial charge on any atom is 0.245 e. The second kappa shape index (κ2) is 8.14. The van der Waals surface area contributed by atoms with Crippen molar-refractivity contribution < 1.29 is 10.2 Å². The Hall–Kier alpha value is -3.04. The first-order valence-corrected chi connectivity index (χ1v) is 10.8. The summed E-state index contributed by atoms with van der Waals surface area (Å²) in [5.74, 6) is 0.589. The molecule has 0 radical (unpaired) electrons. The molecule has 1 unspecified atom stereocenters. The average molecular weight is 438 g/mol. The number of anilines is 1. The van der Waals surface area contributed by atoms with Crippen molar-refractivity contribution in [2.75, 3.05) is 18.6 Å². The third-order valence-electron chi connectivity index (χ3n) is 6.44. The number of hydrogen-bond donors (Lipinski definition) is 4. The number of phenolic OH excluding ortho intramolecular Hbond substituents is 1. The Balaban J connectivity index is 1.58. The second-order valence-electron chi connectivity index (χ2n) is 9.76. The molecule has 1 fully saturated rings. The van der Waals surface area contributed by atoms with E-state index in [9.17, 15) is 10.2 Å². The van der Waals surface area contributed by atoms with Gasteiger partial charge in [-0.05, 0) is 51.8 Å². The lowest BCUT2D eigenvalue weighted by atomic mass is 9.71. The lowest BCUT2D eigenvalue weighted by molar-refractivity contribution is 0.0463. The Morgan fingerprint density at radius 1 is 1.12 bits per heavy atom. The monoisotopic (exact) mass is 437 g/mol. The minimum atomic E-state index is -0.245. The van der Waals surface area contributed by atoms with Crippen LogP contribution in [-0.4, -0.2) is 66.4 Å². The Bertz CT molecular complexity index is 1060. The number of aromatic hydroxyl groups is 1. The highest BCUT2D eigenvalue weighted by Crippen LogP contribution is 2.37. The molecule has 0 spiro atoms. The average Bonchev–Trinajstić information content (AvgIpc) is 3.26. The largest absolute Gasteiger partial charge is 0.507 e. The number of aliphatic hydroxyl groups excluding tert-OH is 1. The molecule has 9 heteroatoms. The van der Waals surface area contributed by atoms with Crippen molar-refractivity contribution >= 4 is 5.95 Å². The zero-order valence-corrected chi connectivity index (χ0v) is 19.2. The predicted molar refractivity (Wildman–Crippen MR) is 123 cm³/mol. The topological polar surface area (TPSA) is 123 Å². The number of H-pyrrole nitrogens is 1. The molecule has 3 aromatic rings. The Kier molecular flexibility index (Phi) is 5.64. The summed E-state index contributed by atoms with van der Waals surface area (Å²) < 4.78 is 0. The fraction of sp³-hybridized carbons (Fsp3) is 0.478. The van der Waals surface area contributed by atoms with Gasteiger partial charge in [0, 0.05) is 54.0 Å². The van der Waals surface area contributed by atoms with Crippen LogP contribution in [0.2, 0.25) is 0 Å². The number of nitrogens with zero attached hydrogens (tertiary/aromatic N) is 5. The summed E-state index contributed by atoms with van der Waals surface area (Å²) in [6.45, 7) is 8.64. The van der Waals surface area contributed by atoms with Crippen molar-refractivity contribution in [3.05, 3.63) is 36.8 Å². The number of phenols is 1. The maximum absolute atomic E-state index is 10.5. The molecule has 3 heterocycles. The third-order valence-corrected chi connectivity index (χ3v) is 6.44. The number of aromatic amines is 1. The van der Waals surface area contributed by atoms with Crippen LogP contribution < -0.4 is 10.2 Å². The molecular formula is C23H31N7O2. The quantitative estimate of drug-likeness (QED) is 0.480. The van der Waals surface area contributed by atoms with Crippen LogP contribution in [0.1, 0.15) is 34.1 Å². The van der Waals surface area contributed by atoms with E-state index in [1.807, 2.05) is 18.0 Å². The summed E-state index contributed by atoms with van der Waals surface area (Å²) in [7, 11) is 1.94. The van der Waals surface area contributed by atoms with Gasteiger partial charge in [0.1, 0.15) is 11.4 Å². The summed E-state index contributed by atoms with van der Waals surface area (Å²) >= 11 is 0. The lowest BCUT2D eigenvalue weighted by Crippen LogP contribution is -2.68. The van der Waals surface area contributed by atoms with Gasteiger partial charge >= 0.3 is 0 Å². The van der Waals surface area contributed by atoms with Crippen molar-refractivity contribution in [3.63, 3.8) is 0 Å². The normalized spacial score (nSPS) is 21.9. The van der Waals surface area contributed by atoms with E-state index in [1.165, 1.54) is 0 Å². The fourth-order valence-corrected chi connectivity index (χ4v) is 4.96. The maximum atomic E-state index is 10.5. The molecule has 1 aromatic carbocycles. The van der Waals surface area contributed by atoms with Crippen LogP contribution in [0.3, 0.4) is 0 Å². The third kappa shape index (κ3) is 4.18. The van der Waals surface area contributed by atoms with E-state index in [0.717, 1.165) is 17.5 Å². The predicted octanol–water partition coefficient (Wildman–Crippen LogP) is 2.60.